The number of nitrogens with zero attached hydrogens (tertiary/aromatic N) is 2. The van der Waals surface area contributed by atoms with Gasteiger partial charge < -0.3 is 24.8 Å². The first-order chi connectivity index (χ1) is 16.1. The number of fused-ring (bicyclic) bond motifs is 2. The Morgan fingerprint density at radius 1 is 1.15 bits per heavy atom. The summed E-state index contributed by atoms with van der Waals surface area (Å²) in [7, 11) is 0. The number of anilines is 3. The Morgan fingerprint density at radius 2 is 2.06 bits per heavy atom. The first kappa shape index (κ1) is 21.1. The first-order valence-electron chi connectivity index (χ1n) is 11.3. The average molecular weight is 446 g/mol. The van der Waals surface area contributed by atoms with E-state index in [9.17, 15) is 4.79 Å². The van der Waals surface area contributed by atoms with Gasteiger partial charge in [0.2, 0.25) is 0 Å². The summed E-state index contributed by atoms with van der Waals surface area (Å²) in [5.74, 6) is 0.746. The van der Waals surface area contributed by atoms with Crippen LogP contribution in [0.2, 0.25) is 0 Å². The minimum atomic E-state index is -0.808. The number of para-hydroxylation sites is 1. The van der Waals surface area contributed by atoms with Crippen molar-refractivity contribution >= 4 is 23.0 Å². The second kappa shape index (κ2) is 9.02. The zero-order valence-electron chi connectivity index (χ0n) is 18.5. The molecule has 2 aromatic carbocycles. The Morgan fingerprint density at radius 3 is 2.85 bits per heavy atom. The van der Waals surface area contributed by atoms with Crippen molar-refractivity contribution in [2.45, 2.75) is 31.7 Å². The fourth-order valence-electron chi connectivity index (χ4n) is 4.64. The topological polar surface area (TPSA) is 83.9 Å². The number of nitrogens with one attached hydrogen (secondary N) is 1. The molecule has 1 unspecified atom stereocenters. The summed E-state index contributed by atoms with van der Waals surface area (Å²) in [5.41, 5.74) is 5.08. The molecule has 5 rings (SSSR count). The molecule has 33 heavy (non-hydrogen) atoms. The van der Waals surface area contributed by atoms with Crippen LogP contribution in [0.3, 0.4) is 0 Å². The standard InChI is InChI=1S/C26H27N3O4/c1-2-11-29(19-5-4-10-27-14-19)23-7-3-6-21-22(16-33-26(21)23)28-18-8-9-20-17(12-25(30)31)15-32-24(20)13-18/h3-10,13-14,17,22,28H,2,11-12,15-16H2,1H3,(H,30,31)/t17-,22?/m1/s1. The highest BCUT2D eigenvalue weighted by Gasteiger charge is 2.30. The lowest BCUT2D eigenvalue weighted by atomic mass is 9.97. The van der Waals surface area contributed by atoms with Gasteiger partial charge in [0.1, 0.15) is 18.1 Å². The van der Waals surface area contributed by atoms with Gasteiger partial charge in [0, 0.05) is 41.5 Å². The molecule has 0 aliphatic carbocycles. The third-order valence-electron chi connectivity index (χ3n) is 6.15. The maximum Gasteiger partial charge on any atom is 0.304 e. The molecule has 0 saturated heterocycles. The van der Waals surface area contributed by atoms with E-state index in [1.165, 1.54) is 0 Å². The van der Waals surface area contributed by atoms with Crippen molar-refractivity contribution in [2.75, 3.05) is 30.0 Å². The number of carboxylic acids is 1. The predicted octanol–water partition coefficient (Wildman–Crippen LogP) is 5.13. The molecule has 2 aliphatic rings. The molecule has 170 valence electrons. The molecule has 0 radical (unpaired) electrons. The minimum Gasteiger partial charge on any atom is -0.493 e. The lowest BCUT2D eigenvalue weighted by Gasteiger charge is -2.25. The minimum absolute atomic E-state index is 0.00611. The van der Waals surface area contributed by atoms with E-state index in [0.717, 1.165) is 52.7 Å². The maximum atomic E-state index is 11.1. The van der Waals surface area contributed by atoms with E-state index >= 15 is 0 Å². The van der Waals surface area contributed by atoms with Crippen LogP contribution >= 0.6 is 0 Å². The highest BCUT2D eigenvalue weighted by atomic mass is 16.5. The summed E-state index contributed by atoms with van der Waals surface area (Å²) < 4.78 is 12.0. The molecule has 1 aromatic heterocycles. The van der Waals surface area contributed by atoms with E-state index in [-0.39, 0.29) is 18.4 Å². The van der Waals surface area contributed by atoms with Gasteiger partial charge in [-0.05, 0) is 30.7 Å². The fourth-order valence-corrected chi connectivity index (χ4v) is 4.64. The summed E-state index contributed by atoms with van der Waals surface area (Å²) in [6.07, 6.45) is 4.74. The molecule has 2 aliphatic heterocycles. The van der Waals surface area contributed by atoms with Gasteiger partial charge in [0.05, 0.1) is 36.6 Å². The SMILES string of the molecule is CCCN(c1cccnc1)c1cccc2c1OCC2Nc1ccc2c(c1)OC[C@H]2CC(=O)O. The van der Waals surface area contributed by atoms with Gasteiger partial charge in [-0.25, -0.2) is 0 Å². The van der Waals surface area contributed by atoms with E-state index in [0.29, 0.717) is 13.2 Å². The Labute approximate surface area is 193 Å². The Hall–Kier alpha value is -3.74. The number of aliphatic carboxylic acids is 1. The van der Waals surface area contributed by atoms with Gasteiger partial charge in [-0.3, -0.25) is 9.78 Å². The molecule has 0 fully saturated rings. The highest BCUT2D eigenvalue weighted by Crippen LogP contribution is 2.44. The van der Waals surface area contributed by atoms with Crippen LogP contribution in [-0.2, 0) is 4.79 Å². The van der Waals surface area contributed by atoms with E-state index in [1.807, 2.05) is 30.5 Å². The van der Waals surface area contributed by atoms with Crippen LogP contribution in [0.1, 0.15) is 42.9 Å². The predicted molar refractivity (Wildman–Crippen MR) is 127 cm³/mol. The van der Waals surface area contributed by atoms with Gasteiger partial charge in [-0.2, -0.15) is 0 Å². The molecular weight excluding hydrogens is 418 g/mol. The molecule has 7 heteroatoms. The van der Waals surface area contributed by atoms with E-state index in [1.54, 1.807) is 6.20 Å². The quantitative estimate of drug-likeness (QED) is 0.497. The number of pyridine rings is 1. The molecule has 0 saturated carbocycles. The summed E-state index contributed by atoms with van der Waals surface area (Å²) in [4.78, 5) is 17.6. The number of hydrogen-bond donors (Lipinski definition) is 2. The fraction of sp³-hybridized carbons (Fsp3) is 0.308. The Balaban J connectivity index is 1.39. The largest absolute Gasteiger partial charge is 0.493 e. The van der Waals surface area contributed by atoms with Gasteiger partial charge in [0.15, 0.2) is 0 Å². The molecule has 7 nitrogen and oxygen atoms in total. The second-order valence-electron chi connectivity index (χ2n) is 8.42. The van der Waals surface area contributed by atoms with Crippen molar-refractivity contribution in [2.24, 2.45) is 0 Å². The molecule has 2 N–H and O–H groups in total. The number of hydrogen-bond acceptors (Lipinski definition) is 6. The van der Waals surface area contributed by atoms with Crippen LogP contribution in [-0.4, -0.2) is 35.8 Å². The van der Waals surface area contributed by atoms with E-state index in [4.69, 9.17) is 14.6 Å². The van der Waals surface area contributed by atoms with Crippen molar-refractivity contribution in [3.8, 4) is 11.5 Å². The summed E-state index contributed by atoms with van der Waals surface area (Å²) in [6, 6.07) is 16.2. The van der Waals surface area contributed by atoms with Crippen molar-refractivity contribution < 1.29 is 19.4 Å². The first-order valence-corrected chi connectivity index (χ1v) is 11.3. The molecule has 0 amide bonds. The van der Waals surface area contributed by atoms with Crippen molar-refractivity contribution in [1.82, 2.24) is 4.98 Å². The number of aromatic nitrogens is 1. The molecule has 2 atom stereocenters. The molecule has 0 spiro atoms. The number of carbonyl (C=O) groups is 1. The Kier molecular flexibility index (Phi) is 5.77. The monoisotopic (exact) mass is 445 g/mol. The number of benzene rings is 2. The normalized spacial score (nSPS) is 18.1. The summed E-state index contributed by atoms with van der Waals surface area (Å²) >= 11 is 0. The van der Waals surface area contributed by atoms with Crippen LogP contribution in [0.15, 0.2) is 60.9 Å². The molecular formula is C26H27N3O4. The Bertz CT molecular complexity index is 1150. The lowest BCUT2D eigenvalue weighted by molar-refractivity contribution is -0.137. The number of rotatable bonds is 8. The van der Waals surface area contributed by atoms with Crippen LogP contribution < -0.4 is 19.7 Å². The van der Waals surface area contributed by atoms with Crippen molar-refractivity contribution in [3.05, 3.63) is 72.1 Å². The van der Waals surface area contributed by atoms with Crippen LogP contribution in [0.5, 0.6) is 11.5 Å². The third-order valence-corrected chi connectivity index (χ3v) is 6.15. The third kappa shape index (κ3) is 4.18. The summed E-state index contributed by atoms with van der Waals surface area (Å²) in [6.45, 7) is 3.96. The van der Waals surface area contributed by atoms with Gasteiger partial charge in [0.25, 0.3) is 0 Å². The molecule has 3 aromatic rings. The van der Waals surface area contributed by atoms with Crippen molar-refractivity contribution in [1.29, 1.82) is 0 Å². The smallest absolute Gasteiger partial charge is 0.304 e. The van der Waals surface area contributed by atoms with Crippen LogP contribution in [0.4, 0.5) is 17.1 Å². The number of carboxylic acid groups (broad SMARTS) is 1. The summed E-state index contributed by atoms with van der Waals surface area (Å²) in [5, 5.41) is 12.7. The van der Waals surface area contributed by atoms with Gasteiger partial charge >= 0.3 is 5.97 Å². The molecule has 3 heterocycles. The van der Waals surface area contributed by atoms with Crippen LogP contribution in [0.25, 0.3) is 0 Å². The number of ether oxygens (including phenoxy) is 2. The highest BCUT2D eigenvalue weighted by molar-refractivity contribution is 5.73. The van der Waals surface area contributed by atoms with E-state index < -0.39 is 5.97 Å². The van der Waals surface area contributed by atoms with Gasteiger partial charge in [-0.15, -0.1) is 0 Å². The van der Waals surface area contributed by atoms with E-state index in [2.05, 4.69) is 46.4 Å². The maximum absolute atomic E-state index is 11.1. The zero-order valence-corrected chi connectivity index (χ0v) is 18.5. The van der Waals surface area contributed by atoms with Crippen LogP contribution in [0, 0.1) is 0 Å². The molecule has 0 bridgehead atoms. The lowest BCUT2D eigenvalue weighted by Crippen LogP contribution is -2.18. The van der Waals surface area contributed by atoms with Gasteiger partial charge in [-0.1, -0.05) is 25.1 Å². The van der Waals surface area contributed by atoms with Crippen molar-refractivity contribution in [3.63, 3.8) is 0 Å². The zero-order chi connectivity index (χ0) is 22.8. The average Bonchev–Trinajstić information content (AvgIpc) is 3.42. The second-order valence-corrected chi connectivity index (χ2v) is 8.42.